The summed E-state index contributed by atoms with van der Waals surface area (Å²) in [5.74, 6) is -0.324. The number of nitrogens with one attached hydrogen (secondary N) is 1. The summed E-state index contributed by atoms with van der Waals surface area (Å²) in [7, 11) is -3.78. The zero-order valence-corrected chi connectivity index (χ0v) is 12.7. The van der Waals surface area contributed by atoms with E-state index in [0.717, 1.165) is 11.3 Å². The fourth-order valence-electron chi connectivity index (χ4n) is 1.53. The highest BCUT2D eigenvalue weighted by atomic mass is 32.2. The van der Waals surface area contributed by atoms with Crippen molar-refractivity contribution >= 4 is 27.3 Å². The molecule has 1 heterocycles. The molecule has 1 aromatic rings. The van der Waals surface area contributed by atoms with Crippen LogP contribution in [0.5, 0.6) is 0 Å². The van der Waals surface area contributed by atoms with Gasteiger partial charge in [0.1, 0.15) is 0 Å². The number of primary sulfonamides is 1. The first-order chi connectivity index (χ1) is 8.75. The van der Waals surface area contributed by atoms with E-state index in [-0.39, 0.29) is 16.9 Å². The maximum Gasteiger partial charge on any atom is 0.261 e. The van der Waals surface area contributed by atoms with Crippen LogP contribution in [0.1, 0.15) is 28.4 Å². The predicted molar refractivity (Wildman–Crippen MR) is 73.9 cm³/mol. The number of carbonyl (C=O) groups is 1. The predicted octanol–water partition coefficient (Wildman–Crippen LogP) is 0.859. The van der Waals surface area contributed by atoms with Gasteiger partial charge in [0, 0.05) is 18.0 Å². The molecule has 1 atom stereocenters. The molecule has 0 saturated carbocycles. The molecule has 0 aliphatic rings. The average molecular weight is 306 g/mol. The van der Waals surface area contributed by atoms with Crippen LogP contribution in [-0.2, 0) is 14.8 Å². The summed E-state index contributed by atoms with van der Waals surface area (Å²) in [5.41, 5.74) is 0. The van der Waals surface area contributed by atoms with Gasteiger partial charge in [-0.25, -0.2) is 13.6 Å². The summed E-state index contributed by atoms with van der Waals surface area (Å²) in [5, 5.41) is 7.75. The highest BCUT2D eigenvalue weighted by Gasteiger charge is 2.19. The van der Waals surface area contributed by atoms with Crippen LogP contribution in [0, 0.1) is 6.92 Å². The van der Waals surface area contributed by atoms with Crippen molar-refractivity contribution in [1.29, 1.82) is 0 Å². The van der Waals surface area contributed by atoms with Crippen LogP contribution in [-0.4, -0.2) is 33.6 Å². The number of hydrogen-bond donors (Lipinski definition) is 2. The van der Waals surface area contributed by atoms with Crippen LogP contribution >= 0.6 is 11.3 Å². The van der Waals surface area contributed by atoms with E-state index in [4.69, 9.17) is 9.88 Å². The third-order valence-electron chi connectivity index (χ3n) is 2.40. The van der Waals surface area contributed by atoms with Crippen molar-refractivity contribution in [3.63, 3.8) is 0 Å². The Morgan fingerprint density at radius 1 is 1.58 bits per heavy atom. The molecule has 19 heavy (non-hydrogen) atoms. The second kappa shape index (κ2) is 6.47. The largest absolute Gasteiger partial charge is 0.377 e. The molecular formula is C11H18N2O4S2. The lowest BCUT2D eigenvalue weighted by Gasteiger charge is -2.11. The minimum absolute atomic E-state index is 0.000469. The number of sulfonamides is 1. The van der Waals surface area contributed by atoms with Gasteiger partial charge >= 0.3 is 0 Å². The van der Waals surface area contributed by atoms with Crippen molar-refractivity contribution in [2.75, 3.05) is 13.2 Å². The number of thiophene rings is 1. The Hall–Kier alpha value is -0.960. The number of nitrogens with two attached hydrogens (primary N) is 1. The summed E-state index contributed by atoms with van der Waals surface area (Å²) in [6.07, 6.45) is -0.0901. The van der Waals surface area contributed by atoms with E-state index in [9.17, 15) is 13.2 Å². The quantitative estimate of drug-likeness (QED) is 0.814. The molecule has 8 heteroatoms. The SMILES string of the molecule is CCOC(C)CNC(=O)c1cc(S(N)(=O)=O)c(C)s1. The fourth-order valence-corrected chi connectivity index (χ4v) is 3.59. The molecule has 0 saturated heterocycles. The molecule has 0 spiro atoms. The van der Waals surface area contributed by atoms with E-state index in [1.807, 2.05) is 13.8 Å². The lowest BCUT2D eigenvalue weighted by atomic mass is 10.3. The molecule has 0 aliphatic carbocycles. The van der Waals surface area contributed by atoms with Crippen LogP contribution < -0.4 is 10.5 Å². The van der Waals surface area contributed by atoms with E-state index in [2.05, 4.69) is 5.32 Å². The van der Waals surface area contributed by atoms with Gasteiger partial charge in [0.15, 0.2) is 0 Å². The third kappa shape index (κ3) is 4.57. The number of ether oxygens (including phenoxy) is 1. The van der Waals surface area contributed by atoms with Gasteiger partial charge in [-0.2, -0.15) is 0 Å². The van der Waals surface area contributed by atoms with Crippen molar-refractivity contribution in [2.45, 2.75) is 31.8 Å². The van der Waals surface area contributed by atoms with Crippen molar-refractivity contribution in [3.8, 4) is 0 Å². The van der Waals surface area contributed by atoms with Gasteiger partial charge in [0.05, 0.1) is 15.9 Å². The highest BCUT2D eigenvalue weighted by molar-refractivity contribution is 7.89. The van der Waals surface area contributed by atoms with Gasteiger partial charge in [-0.15, -0.1) is 11.3 Å². The summed E-state index contributed by atoms with van der Waals surface area (Å²) in [6.45, 7) is 6.28. The Labute approximate surface area is 117 Å². The van der Waals surface area contributed by atoms with E-state index in [1.54, 1.807) is 6.92 Å². The van der Waals surface area contributed by atoms with Gasteiger partial charge in [-0.1, -0.05) is 0 Å². The number of amides is 1. The smallest absolute Gasteiger partial charge is 0.261 e. The molecule has 108 valence electrons. The van der Waals surface area contributed by atoms with E-state index in [0.29, 0.717) is 22.9 Å². The molecule has 6 nitrogen and oxygen atoms in total. The van der Waals surface area contributed by atoms with E-state index in [1.165, 1.54) is 6.07 Å². The molecule has 3 N–H and O–H groups in total. The van der Waals surface area contributed by atoms with E-state index < -0.39 is 10.0 Å². The Kier molecular flexibility index (Phi) is 5.48. The van der Waals surface area contributed by atoms with Crippen LogP contribution in [0.25, 0.3) is 0 Å². The maximum atomic E-state index is 11.9. The van der Waals surface area contributed by atoms with E-state index >= 15 is 0 Å². The molecule has 1 rings (SSSR count). The summed E-state index contributed by atoms with van der Waals surface area (Å²) in [6, 6.07) is 1.30. The molecule has 0 aromatic carbocycles. The molecule has 1 amide bonds. The molecule has 1 aromatic heterocycles. The van der Waals surface area contributed by atoms with Crippen LogP contribution in [0.2, 0.25) is 0 Å². The van der Waals surface area contributed by atoms with Crippen molar-refractivity contribution < 1.29 is 17.9 Å². The monoisotopic (exact) mass is 306 g/mol. The van der Waals surface area contributed by atoms with Gasteiger partial charge in [-0.3, -0.25) is 4.79 Å². The van der Waals surface area contributed by atoms with Gasteiger partial charge in [0.25, 0.3) is 5.91 Å². The van der Waals surface area contributed by atoms with Gasteiger partial charge in [0.2, 0.25) is 10.0 Å². The Morgan fingerprint density at radius 3 is 2.68 bits per heavy atom. The topological polar surface area (TPSA) is 98.5 Å². The minimum atomic E-state index is -3.78. The fraction of sp³-hybridized carbons (Fsp3) is 0.545. The van der Waals surface area contributed by atoms with Gasteiger partial charge < -0.3 is 10.1 Å². The van der Waals surface area contributed by atoms with Crippen molar-refractivity contribution in [3.05, 3.63) is 15.8 Å². The van der Waals surface area contributed by atoms with Crippen molar-refractivity contribution in [1.82, 2.24) is 5.32 Å². The zero-order valence-electron chi connectivity index (χ0n) is 11.1. The first-order valence-corrected chi connectivity index (χ1v) is 8.15. The Bertz CT molecular complexity index is 551. The van der Waals surface area contributed by atoms with Crippen molar-refractivity contribution in [2.24, 2.45) is 5.14 Å². The summed E-state index contributed by atoms with van der Waals surface area (Å²) < 4.78 is 27.8. The molecule has 0 fully saturated rings. The van der Waals surface area contributed by atoms with Crippen LogP contribution in [0.4, 0.5) is 0 Å². The Balaban J connectivity index is 2.74. The average Bonchev–Trinajstić information content (AvgIpc) is 2.68. The standard InChI is InChI=1S/C11H18N2O4S2/c1-4-17-7(2)6-13-11(14)9-5-10(8(3)18-9)19(12,15)16/h5,7H,4,6H2,1-3H3,(H,13,14)(H2,12,15,16). The second-order valence-corrected chi connectivity index (χ2v) is 6.84. The molecular weight excluding hydrogens is 288 g/mol. The lowest BCUT2D eigenvalue weighted by molar-refractivity contribution is 0.0696. The lowest BCUT2D eigenvalue weighted by Crippen LogP contribution is -2.31. The Morgan fingerprint density at radius 2 is 2.21 bits per heavy atom. The first-order valence-electron chi connectivity index (χ1n) is 5.78. The number of rotatable bonds is 6. The zero-order chi connectivity index (χ0) is 14.6. The normalized spacial score (nSPS) is 13.3. The summed E-state index contributed by atoms with van der Waals surface area (Å²) in [4.78, 5) is 12.7. The van der Waals surface area contributed by atoms with Crippen LogP contribution in [0.15, 0.2) is 11.0 Å². The molecule has 0 aliphatic heterocycles. The van der Waals surface area contributed by atoms with Crippen LogP contribution in [0.3, 0.4) is 0 Å². The molecule has 0 bridgehead atoms. The number of hydrogen-bond acceptors (Lipinski definition) is 5. The first kappa shape index (κ1) is 16.1. The highest BCUT2D eigenvalue weighted by Crippen LogP contribution is 2.24. The molecule has 1 unspecified atom stereocenters. The number of aryl methyl sites for hydroxylation is 1. The molecule has 0 radical (unpaired) electrons. The number of carbonyl (C=O) groups excluding carboxylic acids is 1. The summed E-state index contributed by atoms with van der Waals surface area (Å²) >= 11 is 1.10. The minimum Gasteiger partial charge on any atom is -0.377 e. The second-order valence-electron chi connectivity index (χ2n) is 4.05. The van der Waals surface area contributed by atoms with Gasteiger partial charge in [-0.05, 0) is 26.8 Å². The third-order valence-corrected chi connectivity index (χ3v) is 4.62. The maximum absolute atomic E-state index is 11.9.